The summed E-state index contributed by atoms with van der Waals surface area (Å²) in [5.74, 6) is -0.307. The molecule has 0 radical (unpaired) electrons. The average molecular weight is 435 g/mol. The van der Waals surface area contributed by atoms with E-state index < -0.39 is 28.1 Å². The molecule has 2 atom stereocenters. The van der Waals surface area contributed by atoms with Crippen molar-refractivity contribution < 1.29 is 28.3 Å². The normalized spacial score (nSPS) is 20.0. The summed E-state index contributed by atoms with van der Waals surface area (Å²) in [7, 11) is -4.05. The molecule has 0 bridgehead atoms. The Bertz CT molecular complexity index is 986. The van der Waals surface area contributed by atoms with Crippen LogP contribution < -0.4 is 10.2 Å². The molecule has 1 saturated heterocycles. The van der Waals surface area contributed by atoms with Gasteiger partial charge >= 0.3 is 0 Å². The summed E-state index contributed by atoms with van der Waals surface area (Å²) in [6.45, 7) is 4.16. The number of nitrogens with zero attached hydrogens (tertiary/aromatic N) is 1. The average Bonchev–Trinajstić information content (AvgIpc) is 2.73. The zero-order valence-electron chi connectivity index (χ0n) is 16.9. The number of carbonyl (C=O) groups excluding carboxylic acids is 1. The van der Waals surface area contributed by atoms with Crippen LogP contribution in [0.2, 0.25) is 0 Å². The van der Waals surface area contributed by atoms with E-state index in [9.17, 15) is 18.3 Å². The number of carbonyl (C=O) groups is 1. The van der Waals surface area contributed by atoms with E-state index in [0.29, 0.717) is 12.4 Å². The molecule has 1 heterocycles. The molecule has 2 unspecified atom stereocenters. The van der Waals surface area contributed by atoms with E-state index in [1.165, 1.54) is 17.6 Å². The number of aryl methyl sites for hydroxylation is 2. The molecular weight excluding hydrogens is 408 g/mol. The molecule has 1 amide bonds. The molecule has 1 aliphatic rings. The minimum Gasteiger partial charge on any atom is -0.489 e. The van der Waals surface area contributed by atoms with Gasteiger partial charge in [0, 0.05) is 6.54 Å². The van der Waals surface area contributed by atoms with Gasteiger partial charge in [-0.2, -0.15) is 4.31 Å². The van der Waals surface area contributed by atoms with E-state index in [2.05, 4.69) is 0 Å². The van der Waals surface area contributed by atoms with Crippen molar-refractivity contribution in [2.45, 2.75) is 50.3 Å². The van der Waals surface area contributed by atoms with Gasteiger partial charge in [-0.1, -0.05) is 18.2 Å². The zero-order chi connectivity index (χ0) is 21.9. The minimum atomic E-state index is -4.05. The quantitative estimate of drug-likeness (QED) is 0.472. The fourth-order valence-electron chi connectivity index (χ4n) is 3.60. The van der Waals surface area contributed by atoms with Gasteiger partial charge in [-0.25, -0.2) is 13.9 Å². The maximum atomic E-state index is 13.1. The van der Waals surface area contributed by atoms with Crippen LogP contribution in [0, 0.1) is 13.8 Å². The van der Waals surface area contributed by atoms with Gasteiger partial charge in [-0.3, -0.25) is 10.0 Å². The molecule has 8 nitrogen and oxygen atoms in total. The fraction of sp³-hybridized carbons (Fsp3) is 0.381. The smallest absolute Gasteiger partial charge is 0.261 e. The van der Waals surface area contributed by atoms with Gasteiger partial charge in [0.25, 0.3) is 5.91 Å². The number of hydroxylamine groups is 1. The van der Waals surface area contributed by atoms with Gasteiger partial charge in [0.05, 0.1) is 11.0 Å². The highest BCUT2D eigenvalue weighted by Crippen LogP contribution is 2.27. The molecule has 30 heavy (non-hydrogen) atoms. The number of ether oxygens (including phenoxy) is 1. The molecular formula is C21H26N2O6S. The highest BCUT2D eigenvalue weighted by molar-refractivity contribution is 7.89. The van der Waals surface area contributed by atoms with Crippen LogP contribution in [0.4, 0.5) is 0 Å². The van der Waals surface area contributed by atoms with E-state index in [1.807, 2.05) is 32.0 Å². The second-order valence-electron chi connectivity index (χ2n) is 7.43. The molecule has 0 saturated carbocycles. The van der Waals surface area contributed by atoms with Crippen LogP contribution in [-0.2, 0) is 21.4 Å². The number of rotatable bonds is 6. The van der Waals surface area contributed by atoms with E-state index in [4.69, 9.17) is 9.94 Å². The van der Waals surface area contributed by atoms with E-state index in [-0.39, 0.29) is 24.3 Å². The molecule has 162 valence electrons. The summed E-state index contributed by atoms with van der Waals surface area (Å²) >= 11 is 0. The van der Waals surface area contributed by atoms with Crippen LogP contribution in [-0.4, -0.2) is 47.6 Å². The van der Waals surface area contributed by atoms with Crippen molar-refractivity contribution >= 4 is 15.9 Å². The summed E-state index contributed by atoms with van der Waals surface area (Å²) in [5.41, 5.74) is 4.82. The number of aliphatic hydroxyl groups excluding tert-OH is 1. The van der Waals surface area contributed by atoms with Crippen LogP contribution in [0.25, 0.3) is 0 Å². The first-order valence-electron chi connectivity index (χ1n) is 9.66. The van der Waals surface area contributed by atoms with Crippen LogP contribution in [0.3, 0.4) is 0 Å². The molecule has 3 N–H and O–H groups in total. The lowest BCUT2D eigenvalue weighted by atomic mass is 10.0. The summed E-state index contributed by atoms with van der Waals surface area (Å²) in [4.78, 5) is 11.9. The number of piperidine rings is 1. The molecule has 9 heteroatoms. The van der Waals surface area contributed by atoms with Gasteiger partial charge in [-0.05, 0) is 67.6 Å². The molecule has 0 aliphatic carbocycles. The second kappa shape index (κ2) is 9.13. The van der Waals surface area contributed by atoms with Crippen LogP contribution in [0.15, 0.2) is 47.4 Å². The summed E-state index contributed by atoms with van der Waals surface area (Å²) in [5, 5.41) is 18.8. The highest BCUT2D eigenvalue weighted by atomic mass is 32.2. The molecule has 2 aromatic rings. The Kier molecular flexibility index (Phi) is 6.77. The summed E-state index contributed by atoms with van der Waals surface area (Å²) in [6.07, 6.45) is -0.485. The third kappa shape index (κ3) is 4.65. The van der Waals surface area contributed by atoms with Crippen molar-refractivity contribution in [2.75, 3.05) is 6.54 Å². The Morgan fingerprint density at radius 2 is 1.77 bits per heavy atom. The Morgan fingerprint density at radius 1 is 1.13 bits per heavy atom. The van der Waals surface area contributed by atoms with E-state index in [0.717, 1.165) is 21.0 Å². The van der Waals surface area contributed by atoms with Gasteiger partial charge < -0.3 is 9.84 Å². The number of amides is 1. The summed E-state index contributed by atoms with van der Waals surface area (Å²) in [6, 6.07) is 10.8. The van der Waals surface area contributed by atoms with Crippen molar-refractivity contribution in [3.05, 3.63) is 59.2 Å². The molecule has 1 aliphatic heterocycles. The first-order valence-corrected chi connectivity index (χ1v) is 11.1. The number of hydrogen-bond acceptors (Lipinski definition) is 6. The van der Waals surface area contributed by atoms with Gasteiger partial charge in [-0.15, -0.1) is 0 Å². The number of sulfonamides is 1. The second-order valence-corrected chi connectivity index (χ2v) is 9.32. The van der Waals surface area contributed by atoms with E-state index in [1.54, 1.807) is 12.1 Å². The van der Waals surface area contributed by atoms with Crippen molar-refractivity contribution in [3.63, 3.8) is 0 Å². The number of nitrogens with one attached hydrogen (secondary N) is 1. The zero-order valence-corrected chi connectivity index (χ0v) is 17.7. The first kappa shape index (κ1) is 22.2. The SMILES string of the molecule is Cc1cccc(C)c1COc1ccc(S(=O)(=O)N2CC(O)CCC2C(=O)NO)cc1. The number of benzene rings is 2. The van der Waals surface area contributed by atoms with Gasteiger partial charge in [0.1, 0.15) is 18.4 Å². The predicted octanol–water partition coefficient (Wildman–Crippen LogP) is 1.90. The molecule has 0 aromatic heterocycles. The first-order chi connectivity index (χ1) is 14.2. The van der Waals surface area contributed by atoms with Crippen LogP contribution in [0.5, 0.6) is 5.75 Å². The minimum absolute atomic E-state index is 0.0215. The molecule has 2 aromatic carbocycles. The van der Waals surface area contributed by atoms with Crippen molar-refractivity contribution in [1.29, 1.82) is 0 Å². The third-order valence-electron chi connectivity index (χ3n) is 5.38. The lowest BCUT2D eigenvalue weighted by Gasteiger charge is -2.35. The Morgan fingerprint density at radius 3 is 2.37 bits per heavy atom. The lowest BCUT2D eigenvalue weighted by molar-refractivity contribution is -0.135. The number of aliphatic hydroxyl groups is 1. The Labute approximate surface area is 176 Å². The van der Waals surface area contributed by atoms with Gasteiger partial charge in [0.2, 0.25) is 10.0 Å². The largest absolute Gasteiger partial charge is 0.489 e. The molecule has 1 fully saturated rings. The molecule has 0 spiro atoms. The lowest BCUT2D eigenvalue weighted by Crippen LogP contribution is -2.54. The predicted molar refractivity (Wildman–Crippen MR) is 110 cm³/mol. The maximum Gasteiger partial charge on any atom is 0.261 e. The third-order valence-corrected chi connectivity index (χ3v) is 7.27. The maximum absolute atomic E-state index is 13.1. The summed E-state index contributed by atoms with van der Waals surface area (Å²) < 4.78 is 32.9. The van der Waals surface area contributed by atoms with Crippen molar-refractivity contribution in [1.82, 2.24) is 9.79 Å². The van der Waals surface area contributed by atoms with Crippen LogP contribution >= 0.6 is 0 Å². The molecule has 3 rings (SSSR count). The Hall–Kier alpha value is -2.46. The highest BCUT2D eigenvalue weighted by Gasteiger charge is 2.40. The monoisotopic (exact) mass is 434 g/mol. The van der Waals surface area contributed by atoms with Crippen molar-refractivity contribution in [3.8, 4) is 5.75 Å². The fourth-order valence-corrected chi connectivity index (χ4v) is 5.25. The topological polar surface area (TPSA) is 116 Å². The standard InChI is InChI=1S/C21H26N2O6S/c1-14-4-3-5-15(2)19(14)13-29-17-7-9-18(10-8-17)30(27,28)23-12-16(24)6-11-20(23)21(25)22-26/h3-5,7-10,16,20,24,26H,6,11-13H2,1-2H3,(H,22,25). The van der Waals surface area contributed by atoms with Crippen molar-refractivity contribution in [2.24, 2.45) is 0 Å². The van der Waals surface area contributed by atoms with E-state index >= 15 is 0 Å². The number of β-amino-alcohol motifs (C(OH)–C–C–N with tert-alkyl or cyclic N) is 1. The Balaban J connectivity index is 1.77. The number of hydrogen-bond donors (Lipinski definition) is 3. The van der Waals surface area contributed by atoms with Gasteiger partial charge in [0.15, 0.2) is 0 Å². The van der Waals surface area contributed by atoms with Crippen LogP contribution in [0.1, 0.15) is 29.5 Å².